The molecule has 3 aromatic rings. The van der Waals surface area contributed by atoms with E-state index in [2.05, 4.69) is 198 Å². The van der Waals surface area contributed by atoms with Crippen LogP contribution in [-0.4, -0.2) is 85.5 Å². The predicted octanol–water partition coefficient (Wildman–Crippen LogP) is 17.4. The monoisotopic (exact) mass is 1240 g/mol. The van der Waals surface area contributed by atoms with Gasteiger partial charge in [-0.1, -0.05) is 125 Å². The molecule has 0 N–H and O–H groups in total. The Morgan fingerprint density at radius 1 is 0.521 bits per heavy atom. The first-order chi connectivity index (χ1) is 33.5. The molecule has 0 spiro atoms. The summed E-state index contributed by atoms with van der Waals surface area (Å²) < 4.78 is 3.88. The van der Waals surface area contributed by atoms with Gasteiger partial charge in [0.25, 0.3) is 0 Å². The lowest BCUT2D eigenvalue weighted by Crippen LogP contribution is -2.66. The molecule has 0 bridgehead atoms. The third-order valence-electron chi connectivity index (χ3n) is 15.1. The molecule has 2 atom stereocenters. The van der Waals surface area contributed by atoms with Crippen molar-refractivity contribution in [2.45, 2.75) is 234 Å². The summed E-state index contributed by atoms with van der Waals surface area (Å²) in [5.41, 5.74) is -1.27. The van der Waals surface area contributed by atoms with Gasteiger partial charge < -0.3 is 24.4 Å². The number of aromatic nitrogens is 3. The number of hydrogen-bond acceptors (Lipinski definition) is 10. The van der Waals surface area contributed by atoms with Crippen molar-refractivity contribution >= 4 is 81.6 Å². The molecule has 14 heteroatoms. The molecule has 71 heavy (non-hydrogen) atoms. The summed E-state index contributed by atoms with van der Waals surface area (Å²) in [6.45, 7) is 36.3. The van der Waals surface area contributed by atoms with E-state index >= 15 is 0 Å². The highest BCUT2D eigenvalue weighted by atomic mass is 79.9. The van der Waals surface area contributed by atoms with Crippen LogP contribution in [-0.2, 0) is 0 Å². The van der Waals surface area contributed by atoms with E-state index in [1.807, 2.05) is 24.3 Å². The van der Waals surface area contributed by atoms with Gasteiger partial charge >= 0.3 is 0 Å². The zero-order valence-electron chi connectivity index (χ0n) is 46.3. The summed E-state index contributed by atoms with van der Waals surface area (Å²) in [6.07, 6.45) is 17.4. The fourth-order valence-electron chi connectivity index (χ4n) is 11.6. The van der Waals surface area contributed by atoms with Crippen LogP contribution in [0.1, 0.15) is 200 Å². The molecule has 2 aromatic carbocycles. The third-order valence-corrected chi connectivity index (χ3v) is 17.4. The number of halogens is 4. The summed E-state index contributed by atoms with van der Waals surface area (Å²) in [5.74, 6) is 5.22. The van der Waals surface area contributed by atoms with Crippen molar-refractivity contribution in [1.82, 2.24) is 25.1 Å². The Hall–Kier alpha value is -1.71. The first-order valence-corrected chi connectivity index (χ1v) is 30.6. The van der Waals surface area contributed by atoms with Crippen molar-refractivity contribution in [3.05, 3.63) is 54.3 Å². The van der Waals surface area contributed by atoms with Gasteiger partial charge in [-0.2, -0.15) is 15.0 Å². The van der Waals surface area contributed by atoms with Crippen molar-refractivity contribution in [3.8, 4) is 11.5 Å². The van der Waals surface area contributed by atoms with Gasteiger partial charge in [-0.25, -0.2) is 0 Å². The van der Waals surface area contributed by atoms with Crippen molar-refractivity contribution in [2.24, 2.45) is 11.8 Å². The maximum Gasteiger partial charge on any atom is 0.232 e. The molecule has 0 radical (unpaired) electrons. The summed E-state index contributed by atoms with van der Waals surface area (Å²) in [4.78, 5) is 38.9. The third kappa shape index (κ3) is 16.2. The molecule has 5 rings (SSSR count). The molecule has 2 aliphatic heterocycles. The normalized spacial score (nSPS) is 19.1. The summed E-state index contributed by atoms with van der Waals surface area (Å²) in [5, 5.41) is 4.50. The smallest absolute Gasteiger partial charge is 0.232 e. The molecule has 3 heterocycles. The van der Waals surface area contributed by atoms with E-state index in [1.54, 1.807) is 0 Å². The van der Waals surface area contributed by atoms with E-state index in [0.717, 1.165) is 138 Å². The molecule has 0 amide bonds. The van der Waals surface area contributed by atoms with Gasteiger partial charge in [0.05, 0.1) is 31.1 Å². The molecule has 2 unspecified atom stereocenters. The minimum atomic E-state index is -0.318. The second-order valence-electron chi connectivity index (χ2n) is 23.4. The highest BCUT2D eigenvalue weighted by Crippen LogP contribution is 2.46. The van der Waals surface area contributed by atoms with Crippen LogP contribution >= 0.6 is 63.7 Å². The molecular weight excluding hydrogens is 1150 g/mol. The zero-order valence-corrected chi connectivity index (χ0v) is 52.7. The van der Waals surface area contributed by atoms with Gasteiger partial charge in [0.2, 0.25) is 17.8 Å². The second-order valence-corrected chi connectivity index (χ2v) is 26.9. The summed E-state index contributed by atoms with van der Waals surface area (Å²) >= 11 is 14.8. The number of benzene rings is 2. The topological polar surface area (TPSA) is 73.3 Å². The zero-order chi connectivity index (χ0) is 52.3. The lowest BCUT2D eigenvalue weighted by molar-refractivity contribution is -0.220. The number of piperidine rings is 2. The molecule has 0 aliphatic carbocycles. The summed E-state index contributed by atoms with van der Waals surface area (Å²) in [7, 11) is 0. The van der Waals surface area contributed by atoms with Crippen molar-refractivity contribution in [1.29, 1.82) is 0 Å². The Morgan fingerprint density at radius 3 is 1.17 bits per heavy atom. The SMILES string of the molecule is CCCCC(CC)CN(CC(CC)CCCC)c1nc(N(CCCC)C2CC(C)(C)N(Oc3ccc(Br)cc3Br)C(C)(C)C2)nc(N(CCCC)C2CC(C)(C)N(Oc3ccc(Br)cc3Br)C(C)(C)C2)n1. The van der Waals surface area contributed by atoms with E-state index in [9.17, 15) is 0 Å². The summed E-state index contributed by atoms with van der Waals surface area (Å²) in [6, 6.07) is 12.6. The average Bonchev–Trinajstić information content (AvgIpc) is 3.29. The number of unbranched alkanes of at least 4 members (excludes halogenated alkanes) is 4. The Kier molecular flexibility index (Phi) is 22.8. The van der Waals surface area contributed by atoms with E-state index in [4.69, 9.17) is 24.6 Å². The first kappa shape index (κ1) is 60.2. The number of anilines is 3. The highest BCUT2D eigenvalue weighted by molar-refractivity contribution is 9.11. The molecule has 2 saturated heterocycles. The van der Waals surface area contributed by atoms with Crippen molar-refractivity contribution in [3.63, 3.8) is 0 Å². The minimum Gasteiger partial charge on any atom is -0.404 e. The Morgan fingerprint density at radius 2 is 0.859 bits per heavy atom. The van der Waals surface area contributed by atoms with Crippen LogP contribution in [0, 0.1) is 11.8 Å². The van der Waals surface area contributed by atoms with E-state index in [-0.39, 0.29) is 34.2 Å². The lowest BCUT2D eigenvalue weighted by atomic mass is 9.78. The van der Waals surface area contributed by atoms with Crippen LogP contribution in [0.25, 0.3) is 0 Å². The van der Waals surface area contributed by atoms with Gasteiger partial charge in [-0.15, -0.1) is 10.1 Å². The van der Waals surface area contributed by atoms with Gasteiger partial charge in [-0.05, 0) is 187 Å². The minimum absolute atomic E-state index is 0.164. The van der Waals surface area contributed by atoms with Crippen LogP contribution in [0.3, 0.4) is 0 Å². The van der Waals surface area contributed by atoms with Crippen LogP contribution in [0.4, 0.5) is 17.8 Å². The van der Waals surface area contributed by atoms with E-state index in [0.29, 0.717) is 11.8 Å². The van der Waals surface area contributed by atoms with Crippen LogP contribution in [0.2, 0.25) is 0 Å². The molecule has 10 nitrogen and oxygen atoms in total. The van der Waals surface area contributed by atoms with Gasteiger partial charge in [0, 0.05) is 47.2 Å². The maximum atomic E-state index is 6.90. The van der Waals surface area contributed by atoms with Gasteiger partial charge in [0.15, 0.2) is 11.5 Å². The fraction of sp³-hybridized carbons (Fsp3) is 0.737. The standard InChI is InChI=1S/C57H92Br4N8O2/c1-15-21-25-41(19-5)39-65(40-42(20-6)26-22-16-2)51-62-52(66(31-23-17-3)45-35-54(7,8)68(55(9,10)36-45)70-49-29-27-43(58)33-47(49)60)64-53(63-51)67(32-24-18-4)46-37-56(11,12)69(57(13,14)38-46)71-50-30-28-44(59)34-48(50)61/h27-30,33-34,41-42,45-46H,15-26,31-32,35-40H2,1-14H3. The number of nitrogens with zero attached hydrogens (tertiary/aromatic N) is 8. The van der Waals surface area contributed by atoms with Gasteiger partial charge in [-0.3, -0.25) is 0 Å². The number of hydrogen-bond donors (Lipinski definition) is 0. The fourth-order valence-corrected chi connectivity index (χ4v) is 13.9. The Balaban J connectivity index is 1.68. The Bertz CT molecular complexity index is 1940. The maximum absolute atomic E-state index is 6.90. The Labute approximate surface area is 465 Å². The van der Waals surface area contributed by atoms with E-state index in [1.165, 1.54) is 38.5 Å². The predicted molar refractivity (Wildman–Crippen MR) is 314 cm³/mol. The van der Waals surface area contributed by atoms with Crippen molar-refractivity contribution < 1.29 is 9.68 Å². The molecular formula is C57H92Br4N8O2. The second kappa shape index (κ2) is 26.9. The number of rotatable bonds is 27. The highest BCUT2D eigenvalue weighted by Gasteiger charge is 2.51. The molecule has 1 aromatic heterocycles. The molecule has 400 valence electrons. The lowest BCUT2D eigenvalue weighted by Gasteiger charge is -2.55. The van der Waals surface area contributed by atoms with Gasteiger partial charge in [0.1, 0.15) is 0 Å². The molecule has 2 aliphatic rings. The molecule has 0 saturated carbocycles. The quantitative estimate of drug-likeness (QED) is 0.0737. The first-order valence-electron chi connectivity index (χ1n) is 27.4. The van der Waals surface area contributed by atoms with Crippen LogP contribution in [0.15, 0.2) is 54.3 Å². The van der Waals surface area contributed by atoms with Crippen molar-refractivity contribution in [2.75, 3.05) is 40.9 Å². The number of hydroxylamine groups is 4. The van der Waals surface area contributed by atoms with E-state index < -0.39 is 0 Å². The van der Waals surface area contributed by atoms with Crippen LogP contribution < -0.4 is 24.4 Å². The average molecular weight is 1240 g/mol. The largest absolute Gasteiger partial charge is 0.404 e. The van der Waals surface area contributed by atoms with Crippen LogP contribution in [0.5, 0.6) is 11.5 Å². The molecule has 2 fully saturated rings.